The van der Waals surface area contributed by atoms with Crippen LogP contribution in [-0.2, 0) is 0 Å². The molecule has 4 rings (SSSR count). The second-order valence-electron chi connectivity index (χ2n) is 6.55. The van der Waals surface area contributed by atoms with Gasteiger partial charge in [-0.25, -0.2) is 0 Å². The Kier molecular flexibility index (Phi) is 3.87. The van der Waals surface area contributed by atoms with Crippen LogP contribution < -0.4 is 9.64 Å². The number of ether oxygens (including phenoxy) is 1. The Morgan fingerprint density at radius 2 is 1.54 bits per heavy atom. The Hall–Kier alpha value is -2.52. The van der Waals surface area contributed by atoms with E-state index in [9.17, 15) is 0 Å². The Labute approximate surface area is 143 Å². The number of hydrogen-bond donors (Lipinski definition) is 0. The summed E-state index contributed by atoms with van der Waals surface area (Å²) in [5.41, 5.74) is 2.31. The third-order valence-electron chi connectivity index (χ3n) is 4.48. The topological polar surface area (TPSA) is 15.7 Å². The van der Waals surface area contributed by atoms with E-state index in [0.717, 1.165) is 42.4 Å². The number of rotatable bonds is 4. The molecule has 0 saturated heterocycles. The first-order chi connectivity index (χ1) is 11.7. The first kappa shape index (κ1) is 15.0. The third-order valence-corrected chi connectivity index (χ3v) is 4.48. The van der Waals surface area contributed by atoms with Crippen molar-refractivity contribution in [2.24, 2.45) is 0 Å². The Balaban J connectivity index is 1.78. The predicted octanol–water partition coefficient (Wildman–Crippen LogP) is 5.04. The van der Waals surface area contributed by atoms with E-state index in [2.05, 4.69) is 72.4 Å². The molecule has 24 heavy (non-hydrogen) atoms. The fourth-order valence-corrected chi connectivity index (χ4v) is 3.30. The highest BCUT2D eigenvalue weighted by Gasteiger charge is 2.24. The van der Waals surface area contributed by atoms with Gasteiger partial charge < -0.3 is 14.5 Å². The highest BCUT2D eigenvalue weighted by molar-refractivity contribution is 5.92. The van der Waals surface area contributed by atoms with Gasteiger partial charge in [-0.15, -0.1) is 0 Å². The van der Waals surface area contributed by atoms with Crippen LogP contribution in [0.1, 0.15) is 6.42 Å². The zero-order valence-electron chi connectivity index (χ0n) is 14.2. The van der Waals surface area contributed by atoms with E-state index >= 15 is 0 Å². The van der Waals surface area contributed by atoms with Gasteiger partial charge in [0.15, 0.2) is 11.5 Å². The summed E-state index contributed by atoms with van der Waals surface area (Å²) in [5, 5.41) is 2.46. The molecule has 0 atom stereocenters. The Morgan fingerprint density at radius 3 is 2.33 bits per heavy atom. The standard InChI is InChI=1S/C21H22N2O/c1-22(2)12-7-13-23-18-10-5-6-11-20(18)24-21-15-17-9-4-3-8-16(17)14-19(21)23/h3-6,8-11,14-15H,7,12-13H2,1-2H3. The van der Waals surface area contributed by atoms with Gasteiger partial charge in [0, 0.05) is 6.54 Å². The van der Waals surface area contributed by atoms with Gasteiger partial charge >= 0.3 is 0 Å². The van der Waals surface area contributed by atoms with Crippen LogP contribution in [0, 0.1) is 0 Å². The van der Waals surface area contributed by atoms with Gasteiger partial charge in [0.2, 0.25) is 0 Å². The predicted molar refractivity (Wildman–Crippen MR) is 101 cm³/mol. The molecule has 0 radical (unpaired) electrons. The molecule has 0 bridgehead atoms. The molecule has 0 unspecified atom stereocenters. The summed E-state index contributed by atoms with van der Waals surface area (Å²) in [7, 11) is 4.24. The van der Waals surface area contributed by atoms with Crippen molar-refractivity contribution in [1.29, 1.82) is 0 Å². The summed E-state index contributed by atoms with van der Waals surface area (Å²) in [6.45, 7) is 2.05. The highest BCUT2D eigenvalue weighted by Crippen LogP contribution is 2.47. The molecule has 122 valence electrons. The van der Waals surface area contributed by atoms with Gasteiger partial charge in [-0.3, -0.25) is 0 Å². The van der Waals surface area contributed by atoms with Crippen molar-refractivity contribution in [1.82, 2.24) is 4.90 Å². The maximum Gasteiger partial charge on any atom is 0.151 e. The van der Waals surface area contributed by atoms with E-state index in [4.69, 9.17) is 4.74 Å². The van der Waals surface area contributed by atoms with E-state index in [1.165, 1.54) is 10.8 Å². The average Bonchev–Trinajstić information content (AvgIpc) is 2.59. The number of hydrogen-bond acceptors (Lipinski definition) is 3. The minimum Gasteiger partial charge on any atom is -0.453 e. The molecule has 0 fully saturated rings. The second-order valence-corrected chi connectivity index (χ2v) is 6.55. The fourth-order valence-electron chi connectivity index (χ4n) is 3.30. The minimum atomic E-state index is 0.935. The van der Waals surface area contributed by atoms with Gasteiger partial charge in [0.1, 0.15) is 0 Å². The van der Waals surface area contributed by atoms with Crippen molar-refractivity contribution >= 4 is 22.1 Å². The lowest BCUT2D eigenvalue weighted by Gasteiger charge is -2.33. The maximum absolute atomic E-state index is 6.19. The number of para-hydroxylation sites is 2. The molecule has 0 spiro atoms. The van der Waals surface area contributed by atoms with Crippen molar-refractivity contribution in [3.63, 3.8) is 0 Å². The lowest BCUT2D eigenvalue weighted by molar-refractivity contribution is 0.401. The largest absolute Gasteiger partial charge is 0.453 e. The van der Waals surface area contributed by atoms with Gasteiger partial charge in [-0.1, -0.05) is 36.4 Å². The second kappa shape index (κ2) is 6.17. The summed E-state index contributed by atoms with van der Waals surface area (Å²) in [6, 6.07) is 21.1. The zero-order chi connectivity index (χ0) is 16.5. The molecule has 3 heteroatoms. The monoisotopic (exact) mass is 318 g/mol. The van der Waals surface area contributed by atoms with Crippen LogP contribution in [0.25, 0.3) is 10.8 Å². The van der Waals surface area contributed by atoms with Crippen molar-refractivity contribution in [3.8, 4) is 11.5 Å². The minimum absolute atomic E-state index is 0.935. The smallest absolute Gasteiger partial charge is 0.151 e. The summed E-state index contributed by atoms with van der Waals surface area (Å²) in [6.07, 6.45) is 1.10. The summed E-state index contributed by atoms with van der Waals surface area (Å²) in [5.74, 6) is 1.88. The van der Waals surface area contributed by atoms with Crippen LogP contribution in [0.2, 0.25) is 0 Å². The van der Waals surface area contributed by atoms with E-state index in [1.807, 2.05) is 12.1 Å². The maximum atomic E-state index is 6.19. The lowest BCUT2D eigenvalue weighted by Crippen LogP contribution is -2.25. The zero-order valence-corrected chi connectivity index (χ0v) is 14.2. The number of nitrogens with zero attached hydrogens (tertiary/aromatic N) is 2. The molecule has 3 nitrogen and oxygen atoms in total. The molecule has 3 aromatic rings. The first-order valence-electron chi connectivity index (χ1n) is 8.44. The summed E-state index contributed by atoms with van der Waals surface area (Å²) in [4.78, 5) is 4.62. The van der Waals surface area contributed by atoms with Crippen molar-refractivity contribution in [3.05, 3.63) is 60.7 Å². The normalized spacial score (nSPS) is 12.9. The lowest BCUT2D eigenvalue weighted by atomic mass is 10.1. The average molecular weight is 318 g/mol. The molecular formula is C21H22N2O. The van der Waals surface area contributed by atoms with E-state index < -0.39 is 0 Å². The molecule has 0 aliphatic carbocycles. The quantitative estimate of drug-likeness (QED) is 0.670. The van der Waals surface area contributed by atoms with Gasteiger partial charge in [0.25, 0.3) is 0 Å². The molecule has 0 aromatic heterocycles. The van der Waals surface area contributed by atoms with Gasteiger partial charge in [-0.2, -0.15) is 0 Å². The van der Waals surface area contributed by atoms with Crippen LogP contribution in [0.5, 0.6) is 11.5 Å². The van der Waals surface area contributed by atoms with Gasteiger partial charge in [-0.05, 0) is 62.1 Å². The molecule has 3 aromatic carbocycles. The van der Waals surface area contributed by atoms with Crippen LogP contribution in [0.4, 0.5) is 11.4 Å². The Morgan fingerprint density at radius 1 is 0.833 bits per heavy atom. The van der Waals surface area contributed by atoms with Crippen LogP contribution >= 0.6 is 0 Å². The fraction of sp³-hybridized carbons (Fsp3) is 0.238. The summed E-state index contributed by atoms with van der Waals surface area (Å²) >= 11 is 0. The number of benzene rings is 3. The van der Waals surface area contributed by atoms with Gasteiger partial charge in [0.05, 0.1) is 11.4 Å². The van der Waals surface area contributed by atoms with E-state index in [1.54, 1.807) is 0 Å². The molecular weight excluding hydrogens is 296 g/mol. The molecule has 1 aliphatic rings. The van der Waals surface area contributed by atoms with E-state index in [0.29, 0.717) is 0 Å². The SMILES string of the molecule is CN(C)CCCN1c2ccccc2Oc2cc3ccccc3cc21. The van der Waals surface area contributed by atoms with E-state index in [-0.39, 0.29) is 0 Å². The molecule has 0 N–H and O–H groups in total. The molecule has 0 amide bonds. The van der Waals surface area contributed by atoms with Crippen LogP contribution in [0.3, 0.4) is 0 Å². The van der Waals surface area contributed by atoms with Crippen molar-refractivity contribution in [2.45, 2.75) is 6.42 Å². The Bertz CT molecular complexity index is 873. The van der Waals surface area contributed by atoms with Crippen molar-refractivity contribution in [2.75, 3.05) is 32.1 Å². The van der Waals surface area contributed by atoms with Crippen molar-refractivity contribution < 1.29 is 4.74 Å². The first-order valence-corrected chi connectivity index (χ1v) is 8.44. The highest BCUT2D eigenvalue weighted by atomic mass is 16.5. The molecule has 1 heterocycles. The molecule has 1 aliphatic heterocycles. The summed E-state index contributed by atoms with van der Waals surface area (Å²) < 4.78 is 6.19. The number of fused-ring (bicyclic) bond motifs is 3. The number of anilines is 2. The molecule has 0 saturated carbocycles. The van der Waals surface area contributed by atoms with Crippen LogP contribution in [0.15, 0.2) is 60.7 Å². The third kappa shape index (κ3) is 2.72. The van der Waals surface area contributed by atoms with Crippen LogP contribution in [-0.4, -0.2) is 32.1 Å².